The lowest BCUT2D eigenvalue weighted by Crippen LogP contribution is -1.87. The SMILES string of the molecule is Oc1ccc(O)c(-c2nc(Cc3cccs3)no2)c1. The Hall–Kier alpha value is -2.34. The van der Waals surface area contributed by atoms with Crippen molar-refractivity contribution < 1.29 is 14.7 Å². The standard InChI is InChI=1S/C13H10N2O3S/c16-8-3-4-11(17)10(6-8)13-14-12(15-18-13)7-9-2-1-5-19-9/h1-6,16-17H,7H2. The fourth-order valence-corrected chi connectivity index (χ4v) is 2.40. The number of aromatic hydroxyl groups is 2. The Morgan fingerprint density at radius 1 is 1.21 bits per heavy atom. The van der Waals surface area contributed by atoms with Gasteiger partial charge in [0.25, 0.3) is 5.89 Å². The summed E-state index contributed by atoms with van der Waals surface area (Å²) in [5.74, 6) is 0.759. The second-order valence-electron chi connectivity index (χ2n) is 3.97. The van der Waals surface area contributed by atoms with Crippen LogP contribution in [0.15, 0.2) is 40.2 Å². The maximum atomic E-state index is 9.72. The summed E-state index contributed by atoms with van der Waals surface area (Å²) in [7, 11) is 0. The van der Waals surface area contributed by atoms with Gasteiger partial charge in [0, 0.05) is 11.3 Å². The molecule has 0 unspecified atom stereocenters. The van der Waals surface area contributed by atoms with Crippen LogP contribution in [0.25, 0.3) is 11.5 Å². The van der Waals surface area contributed by atoms with Gasteiger partial charge in [-0.2, -0.15) is 4.98 Å². The first-order valence-corrected chi connectivity index (χ1v) is 6.47. The van der Waals surface area contributed by atoms with Gasteiger partial charge in [-0.3, -0.25) is 0 Å². The van der Waals surface area contributed by atoms with E-state index in [0.717, 1.165) is 4.88 Å². The number of hydrogen-bond donors (Lipinski definition) is 2. The molecule has 2 aromatic heterocycles. The summed E-state index contributed by atoms with van der Waals surface area (Å²) in [5.41, 5.74) is 0.324. The van der Waals surface area contributed by atoms with E-state index in [1.807, 2.05) is 17.5 Å². The van der Waals surface area contributed by atoms with Crippen LogP contribution in [0.4, 0.5) is 0 Å². The minimum atomic E-state index is -0.0101. The molecule has 19 heavy (non-hydrogen) atoms. The minimum Gasteiger partial charge on any atom is -0.508 e. The first-order chi connectivity index (χ1) is 9.22. The molecular weight excluding hydrogens is 264 g/mol. The normalized spacial score (nSPS) is 10.7. The number of nitrogens with zero attached hydrogens (tertiary/aromatic N) is 2. The van der Waals surface area contributed by atoms with Crippen molar-refractivity contribution in [1.29, 1.82) is 0 Å². The Balaban J connectivity index is 1.90. The molecule has 0 spiro atoms. The van der Waals surface area contributed by atoms with Gasteiger partial charge in [0.1, 0.15) is 11.5 Å². The van der Waals surface area contributed by atoms with Gasteiger partial charge in [0.15, 0.2) is 5.82 Å². The zero-order chi connectivity index (χ0) is 13.2. The maximum absolute atomic E-state index is 9.72. The summed E-state index contributed by atoms with van der Waals surface area (Å²) in [5, 5.41) is 25.0. The van der Waals surface area contributed by atoms with Gasteiger partial charge < -0.3 is 14.7 Å². The van der Waals surface area contributed by atoms with E-state index < -0.39 is 0 Å². The summed E-state index contributed by atoms with van der Waals surface area (Å²) < 4.78 is 5.11. The molecule has 0 atom stereocenters. The predicted molar refractivity (Wildman–Crippen MR) is 70.2 cm³/mol. The van der Waals surface area contributed by atoms with Crippen molar-refractivity contribution in [3.05, 3.63) is 46.4 Å². The molecule has 96 valence electrons. The summed E-state index contributed by atoms with van der Waals surface area (Å²) >= 11 is 1.62. The zero-order valence-corrected chi connectivity index (χ0v) is 10.6. The van der Waals surface area contributed by atoms with Crippen LogP contribution in [0, 0.1) is 0 Å². The van der Waals surface area contributed by atoms with Crippen LogP contribution < -0.4 is 0 Å². The molecule has 0 aliphatic heterocycles. The van der Waals surface area contributed by atoms with E-state index in [9.17, 15) is 10.2 Å². The van der Waals surface area contributed by atoms with Crippen LogP contribution in [0.2, 0.25) is 0 Å². The van der Waals surface area contributed by atoms with Crippen LogP contribution in [0.3, 0.4) is 0 Å². The number of rotatable bonds is 3. The molecule has 2 N–H and O–H groups in total. The van der Waals surface area contributed by atoms with Gasteiger partial charge in [0.2, 0.25) is 0 Å². The predicted octanol–water partition coefficient (Wildman–Crippen LogP) is 2.80. The van der Waals surface area contributed by atoms with Gasteiger partial charge in [-0.05, 0) is 29.6 Å². The lowest BCUT2D eigenvalue weighted by Gasteiger charge is -1.99. The largest absolute Gasteiger partial charge is 0.508 e. The van der Waals surface area contributed by atoms with Crippen molar-refractivity contribution in [2.75, 3.05) is 0 Å². The Bertz CT molecular complexity index is 692. The second kappa shape index (κ2) is 4.74. The van der Waals surface area contributed by atoms with Gasteiger partial charge in [-0.25, -0.2) is 0 Å². The molecule has 6 heteroatoms. The summed E-state index contributed by atoms with van der Waals surface area (Å²) in [4.78, 5) is 5.35. The van der Waals surface area contributed by atoms with Gasteiger partial charge in [-0.15, -0.1) is 11.3 Å². The second-order valence-corrected chi connectivity index (χ2v) is 5.01. The number of hydrogen-bond acceptors (Lipinski definition) is 6. The highest BCUT2D eigenvalue weighted by Gasteiger charge is 2.14. The van der Waals surface area contributed by atoms with Crippen molar-refractivity contribution in [2.24, 2.45) is 0 Å². The fraction of sp³-hybridized carbons (Fsp3) is 0.0769. The summed E-state index contributed by atoms with van der Waals surface area (Å²) in [6.45, 7) is 0. The molecule has 0 saturated carbocycles. The van der Waals surface area contributed by atoms with Gasteiger partial charge >= 0.3 is 0 Å². The average Bonchev–Trinajstić information content (AvgIpc) is 3.04. The van der Waals surface area contributed by atoms with Gasteiger partial charge in [0.05, 0.1) is 5.56 Å². The topological polar surface area (TPSA) is 79.4 Å². The Morgan fingerprint density at radius 2 is 2.11 bits per heavy atom. The zero-order valence-electron chi connectivity index (χ0n) is 9.78. The first kappa shape index (κ1) is 11.7. The average molecular weight is 274 g/mol. The van der Waals surface area contributed by atoms with Crippen molar-refractivity contribution in [3.63, 3.8) is 0 Å². The number of aromatic nitrogens is 2. The quantitative estimate of drug-likeness (QED) is 0.718. The van der Waals surface area contributed by atoms with Crippen LogP contribution in [-0.2, 0) is 6.42 Å². The highest BCUT2D eigenvalue weighted by molar-refractivity contribution is 7.09. The Kier molecular flexibility index (Phi) is 2.92. The molecule has 0 aliphatic carbocycles. The van der Waals surface area contributed by atoms with Crippen LogP contribution in [-0.4, -0.2) is 20.4 Å². The summed E-state index contributed by atoms with van der Waals surface area (Å²) in [6, 6.07) is 8.11. The van der Waals surface area contributed by atoms with E-state index in [2.05, 4.69) is 10.1 Å². The third kappa shape index (κ3) is 2.43. The number of thiophene rings is 1. The first-order valence-electron chi connectivity index (χ1n) is 5.60. The molecule has 3 rings (SSSR count). The number of benzene rings is 1. The highest BCUT2D eigenvalue weighted by Crippen LogP contribution is 2.31. The van der Waals surface area contributed by atoms with Crippen molar-refractivity contribution in [1.82, 2.24) is 10.1 Å². The molecule has 0 aliphatic rings. The third-order valence-electron chi connectivity index (χ3n) is 2.59. The van der Waals surface area contributed by atoms with Crippen LogP contribution in [0.1, 0.15) is 10.7 Å². The van der Waals surface area contributed by atoms with E-state index in [0.29, 0.717) is 17.8 Å². The summed E-state index contributed by atoms with van der Waals surface area (Å²) in [6.07, 6.45) is 0.584. The monoisotopic (exact) mass is 274 g/mol. The number of phenols is 2. The highest BCUT2D eigenvalue weighted by atomic mass is 32.1. The van der Waals surface area contributed by atoms with E-state index in [-0.39, 0.29) is 17.4 Å². The molecule has 0 bridgehead atoms. The molecule has 2 heterocycles. The molecule has 0 fully saturated rings. The molecule has 0 saturated heterocycles. The molecule has 0 radical (unpaired) electrons. The smallest absolute Gasteiger partial charge is 0.261 e. The van der Waals surface area contributed by atoms with Crippen LogP contribution in [0.5, 0.6) is 11.5 Å². The lowest BCUT2D eigenvalue weighted by molar-refractivity contribution is 0.417. The Morgan fingerprint density at radius 3 is 2.89 bits per heavy atom. The van der Waals surface area contributed by atoms with Crippen molar-refractivity contribution >= 4 is 11.3 Å². The van der Waals surface area contributed by atoms with E-state index in [1.165, 1.54) is 18.2 Å². The van der Waals surface area contributed by atoms with E-state index >= 15 is 0 Å². The maximum Gasteiger partial charge on any atom is 0.261 e. The van der Waals surface area contributed by atoms with Crippen molar-refractivity contribution in [3.8, 4) is 23.0 Å². The molecule has 5 nitrogen and oxygen atoms in total. The number of phenolic OH excluding ortho intramolecular Hbond substituents is 2. The third-order valence-corrected chi connectivity index (χ3v) is 3.47. The minimum absolute atomic E-state index is 0.0101. The molecular formula is C13H10N2O3S. The molecule has 3 aromatic rings. The van der Waals surface area contributed by atoms with E-state index in [1.54, 1.807) is 11.3 Å². The lowest BCUT2D eigenvalue weighted by atomic mass is 10.2. The molecule has 1 aromatic carbocycles. The van der Waals surface area contributed by atoms with Crippen LogP contribution >= 0.6 is 11.3 Å². The van der Waals surface area contributed by atoms with E-state index in [4.69, 9.17) is 4.52 Å². The fourth-order valence-electron chi connectivity index (χ4n) is 1.70. The molecule has 0 amide bonds. The Labute approximate surface area is 112 Å². The van der Waals surface area contributed by atoms with Crippen molar-refractivity contribution in [2.45, 2.75) is 6.42 Å². The van der Waals surface area contributed by atoms with Gasteiger partial charge in [-0.1, -0.05) is 11.2 Å².